The van der Waals surface area contributed by atoms with Gasteiger partial charge in [-0.15, -0.1) is 0 Å². The van der Waals surface area contributed by atoms with Gasteiger partial charge in [-0.05, 0) is 38.1 Å². The van der Waals surface area contributed by atoms with Crippen molar-refractivity contribution in [3.8, 4) is 0 Å². The van der Waals surface area contributed by atoms with Crippen LogP contribution >= 0.6 is 0 Å². The van der Waals surface area contributed by atoms with Gasteiger partial charge in [0, 0.05) is 25.4 Å². The third-order valence-electron chi connectivity index (χ3n) is 4.27. The lowest BCUT2D eigenvalue weighted by Gasteiger charge is -2.34. The first-order chi connectivity index (χ1) is 9.28. The minimum absolute atomic E-state index is 0.292. The van der Waals surface area contributed by atoms with E-state index in [4.69, 9.17) is 0 Å². The third-order valence-corrected chi connectivity index (χ3v) is 7.35. The minimum Gasteiger partial charge on any atom is -0.314 e. The molecule has 0 saturated carbocycles. The fraction of sp³-hybridized carbons (Fsp3) is 1.00. The lowest BCUT2D eigenvalue weighted by atomic mass is 9.89. The van der Waals surface area contributed by atoms with E-state index in [0.717, 1.165) is 25.6 Å². The Labute approximate surface area is 121 Å². The molecule has 1 atom stereocenters. The second-order valence-electron chi connectivity index (χ2n) is 5.89. The van der Waals surface area contributed by atoms with E-state index in [1.54, 1.807) is 0 Å². The summed E-state index contributed by atoms with van der Waals surface area (Å²) in [6, 6.07) is 0.538. The average molecular weight is 324 g/mol. The molecular weight excluding hydrogens is 300 g/mol. The zero-order valence-electron chi connectivity index (χ0n) is 11.9. The predicted molar refractivity (Wildman–Crippen MR) is 78.8 cm³/mol. The standard InChI is InChI=1S/C12H24N2O4S2/c1-19(15,16)9-10-20(17,18)14-7-4-11(5-8-14)12-3-2-6-13-12/h11-13H,2-10H2,1H3. The largest absolute Gasteiger partial charge is 0.314 e. The highest BCUT2D eigenvalue weighted by Crippen LogP contribution is 2.26. The van der Waals surface area contributed by atoms with E-state index in [9.17, 15) is 16.8 Å². The lowest BCUT2D eigenvalue weighted by Crippen LogP contribution is -2.44. The number of piperidine rings is 1. The van der Waals surface area contributed by atoms with Crippen molar-refractivity contribution in [2.75, 3.05) is 37.4 Å². The van der Waals surface area contributed by atoms with Crippen LogP contribution in [0.2, 0.25) is 0 Å². The molecule has 1 N–H and O–H groups in total. The van der Waals surface area contributed by atoms with Gasteiger partial charge in [0.2, 0.25) is 10.0 Å². The van der Waals surface area contributed by atoms with Crippen LogP contribution in [0.5, 0.6) is 0 Å². The van der Waals surface area contributed by atoms with E-state index in [0.29, 0.717) is 25.0 Å². The molecule has 1 unspecified atom stereocenters. The van der Waals surface area contributed by atoms with Crippen LogP contribution in [-0.4, -0.2) is 64.6 Å². The molecule has 2 saturated heterocycles. The number of nitrogens with one attached hydrogen (secondary N) is 1. The second kappa shape index (κ2) is 6.29. The predicted octanol–water partition coefficient (Wildman–Crippen LogP) is -0.175. The van der Waals surface area contributed by atoms with E-state index in [2.05, 4.69) is 5.32 Å². The van der Waals surface area contributed by atoms with Gasteiger partial charge in [0.05, 0.1) is 11.5 Å². The van der Waals surface area contributed by atoms with Crippen LogP contribution in [0.1, 0.15) is 25.7 Å². The monoisotopic (exact) mass is 324 g/mol. The summed E-state index contributed by atoms with van der Waals surface area (Å²) in [5.41, 5.74) is 0. The Kier molecular flexibility index (Phi) is 5.09. The molecule has 2 heterocycles. The van der Waals surface area contributed by atoms with Gasteiger partial charge in [-0.25, -0.2) is 21.1 Å². The highest BCUT2D eigenvalue weighted by Gasteiger charge is 2.32. The van der Waals surface area contributed by atoms with E-state index in [-0.39, 0.29) is 11.5 Å². The van der Waals surface area contributed by atoms with Crippen LogP contribution in [0, 0.1) is 5.92 Å². The molecule has 0 bridgehead atoms. The van der Waals surface area contributed by atoms with Crippen LogP contribution < -0.4 is 5.32 Å². The molecule has 2 fully saturated rings. The Morgan fingerprint density at radius 2 is 1.70 bits per heavy atom. The summed E-state index contributed by atoms with van der Waals surface area (Å²) in [6.45, 7) is 2.11. The molecule has 2 aliphatic heterocycles. The van der Waals surface area contributed by atoms with Gasteiger partial charge in [0.25, 0.3) is 0 Å². The zero-order valence-corrected chi connectivity index (χ0v) is 13.5. The molecule has 0 amide bonds. The molecule has 118 valence electrons. The van der Waals surface area contributed by atoms with Crippen molar-refractivity contribution in [2.24, 2.45) is 5.92 Å². The first kappa shape index (κ1) is 16.2. The Balaban J connectivity index is 1.86. The number of rotatable bonds is 5. The topological polar surface area (TPSA) is 83.5 Å². The third kappa shape index (κ3) is 4.41. The number of hydrogen-bond donors (Lipinski definition) is 1. The molecule has 6 nitrogen and oxygen atoms in total. The molecule has 0 spiro atoms. The highest BCUT2D eigenvalue weighted by molar-refractivity contribution is 7.93. The Bertz CT molecular complexity index is 516. The second-order valence-corrected chi connectivity index (χ2v) is 10.2. The molecule has 0 aromatic carbocycles. The van der Waals surface area contributed by atoms with Crippen molar-refractivity contribution in [2.45, 2.75) is 31.7 Å². The van der Waals surface area contributed by atoms with Crippen LogP contribution in [0.3, 0.4) is 0 Å². The smallest absolute Gasteiger partial charge is 0.215 e. The zero-order chi connectivity index (χ0) is 14.8. The van der Waals surface area contributed by atoms with Gasteiger partial charge in [-0.1, -0.05) is 0 Å². The van der Waals surface area contributed by atoms with E-state index < -0.39 is 19.9 Å². The summed E-state index contributed by atoms with van der Waals surface area (Å²) in [6.07, 6.45) is 5.20. The number of hydrogen-bond acceptors (Lipinski definition) is 5. The summed E-state index contributed by atoms with van der Waals surface area (Å²) in [5.74, 6) is -0.0312. The van der Waals surface area contributed by atoms with Crippen LogP contribution in [0.25, 0.3) is 0 Å². The lowest BCUT2D eigenvalue weighted by molar-refractivity contribution is 0.234. The van der Waals surface area contributed by atoms with Crippen molar-refractivity contribution < 1.29 is 16.8 Å². The van der Waals surface area contributed by atoms with E-state index >= 15 is 0 Å². The van der Waals surface area contributed by atoms with Crippen molar-refractivity contribution >= 4 is 19.9 Å². The molecule has 0 radical (unpaired) electrons. The molecule has 2 aliphatic rings. The summed E-state index contributed by atoms with van der Waals surface area (Å²) in [7, 11) is -6.67. The fourth-order valence-electron chi connectivity index (χ4n) is 3.06. The maximum Gasteiger partial charge on any atom is 0.215 e. The van der Waals surface area contributed by atoms with Crippen molar-refractivity contribution in [3.05, 3.63) is 0 Å². The molecule has 0 aromatic heterocycles. The van der Waals surface area contributed by atoms with Gasteiger partial charge < -0.3 is 5.32 Å². The highest BCUT2D eigenvalue weighted by atomic mass is 32.2. The fourth-order valence-corrected chi connectivity index (χ4v) is 6.13. The Hall–Kier alpha value is -0.180. The van der Waals surface area contributed by atoms with Crippen molar-refractivity contribution in [3.63, 3.8) is 0 Å². The molecule has 2 rings (SSSR count). The maximum absolute atomic E-state index is 12.1. The molecule has 0 aliphatic carbocycles. The van der Waals surface area contributed by atoms with Crippen LogP contribution in [-0.2, 0) is 19.9 Å². The average Bonchev–Trinajstić information content (AvgIpc) is 2.90. The minimum atomic E-state index is -3.43. The first-order valence-electron chi connectivity index (χ1n) is 7.17. The van der Waals surface area contributed by atoms with Gasteiger partial charge in [-0.2, -0.15) is 0 Å². The number of sulfone groups is 1. The Morgan fingerprint density at radius 1 is 1.05 bits per heavy atom. The molecule has 8 heteroatoms. The molecule has 0 aromatic rings. The molecule has 20 heavy (non-hydrogen) atoms. The molecular formula is C12H24N2O4S2. The van der Waals surface area contributed by atoms with Gasteiger partial charge in [0.1, 0.15) is 9.84 Å². The first-order valence-corrected chi connectivity index (χ1v) is 10.8. The SMILES string of the molecule is CS(=O)(=O)CCS(=O)(=O)N1CCC(C2CCCN2)CC1. The number of sulfonamides is 1. The summed E-state index contributed by atoms with van der Waals surface area (Å²) in [4.78, 5) is 0. The normalized spacial score (nSPS) is 26.9. The van der Waals surface area contributed by atoms with Crippen LogP contribution in [0.4, 0.5) is 0 Å². The summed E-state index contributed by atoms with van der Waals surface area (Å²) >= 11 is 0. The van der Waals surface area contributed by atoms with Crippen molar-refractivity contribution in [1.82, 2.24) is 9.62 Å². The maximum atomic E-state index is 12.1. The van der Waals surface area contributed by atoms with Gasteiger partial charge >= 0.3 is 0 Å². The van der Waals surface area contributed by atoms with Gasteiger partial charge in [-0.3, -0.25) is 0 Å². The van der Waals surface area contributed by atoms with Crippen LogP contribution in [0.15, 0.2) is 0 Å². The van der Waals surface area contributed by atoms with E-state index in [1.165, 1.54) is 17.1 Å². The van der Waals surface area contributed by atoms with Crippen molar-refractivity contribution in [1.29, 1.82) is 0 Å². The summed E-state index contributed by atoms with van der Waals surface area (Å²) in [5, 5.41) is 3.48. The summed E-state index contributed by atoms with van der Waals surface area (Å²) < 4.78 is 47.9. The number of nitrogens with zero attached hydrogens (tertiary/aromatic N) is 1. The van der Waals surface area contributed by atoms with E-state index in [1.807, 2.05) is 0 Å². The quantitative estimate of drug-likeness (QED) is 0.759. The Morgan fingerprint density at radius 3 is 2.20 bits per heavy atom. The van der Waals surface area contributed by atoms with Gasteiger partial charge in [0.15, 0.2) is 0 Å².